The monoisotopic (exact) mass is 309 g/mol. The number of oxazole rings is 1. The van der Waals surface area contributed by atoms with Gasteiger partial charge in [-0.25, -0.2) is 8.42 Å². The molecule has 2 aromatic rings. The third kappa shape index (κ3) is 2.55. The molecule has 1 aliphatic rings. The van der Waals surface area contributed by atoms with Gasteiger partial charge < -0.3 is 9.73 Å². The van der Waals surface area contributed by atoms with Gasteiger partial charge >= 0.3 is 0 Å². The van der Waals surface area contributed by atoms with Crippen molar-refractivity contribution in [3.63, 3.8) is 0 Å². The Morgan fingerprint density at radius 1 is 1.55 bits per heavy atom. The van der Waals surface area contributed by atoms with Gasteiger partial charge in [-0.1, -0.05) is 6.07 Å². The highest BCUT2D eigenvalue weighted by molar-refractivity contribution is 7.91. The Bertz CT molecular complexity index is 756. The molecule has 1 fully saturated rings. The fourth-order valence-electron chi connectivity index (χ4n) is 2.09. The van der Waals surface area contributed by atoms with E-state index in [0.717, 1.165) is 4.88 Å². The number of anilines is 1. The Morgan fingerprint density at radius 2 is 2.40 bits per heavy atom. The largest absolute Gasteiger partial charge is 0.418 e. The van der Waals surface area contributed by atoms with E-state index in [1.54, 1.807) is 0 Å². The van der Waals surface area contributed by atoms with E-state index in [2.05, 4.69) is 10.3 Å². The number of nitrogens with zero attached hydrogens (tertiary/aromatic N) is 2. The molecule has 0 radical (unpaired) electrons. The normalized spacial score (nSPS) is 20.6. The van der Waals surface area contributed by atoms with Crippen LogP contribution in [0.3, 0.4) is 0 Å². The van der Waals surface area contributed by atoms with Gasteiger partial charge in [0, 0.05) is 6.04 Å². The summed E-state index contributed by atoms with van der Waals surface area (Å²) < 4.78 is 28.4. The lowest BCUT2D eigenvalue weighted by Gasteiger charge is -2.08. The van der Waals surface area contributed by atoms with E-state index in [0.29, 0.717) is 12.3 Å². The summed E-state index contributed by atoms with van der Waals surface area (Å²) >= 11 is 1.46. The smallest absolute Gasteiger partial charge is 0.240 e. The predicted octanol–water partition coefficient (Wildman–Crippen LogP) is 1.87. The lowest BCUT2D eigenvalue weighted by molar-refractivity contribution is 0.577. The van der Waals surface area contributed by atoms with Crippen molar-refractivity contribution >= 4 is 27.1 Å². The molecule has 1 atom stereocenters. The molecule has 0 aromatic carbocycles. The zero-order chi connectivity index (χ0) is 14.2. The molecule has 3 heterocycles. The Morgan fingerprint density at radius 3 is 3.00 bits per heavy atom. The molecule has 3 rings (SSSR count). The lowest BCUT2D eigenvalue weighted by Crippen LogP contribution is -2.20. The van der Waals surface area contributed by atoms with Gasteiger partial charge in [-0.3, -0.25) is 0 Å². The van der Waals surface area contributed by atoms with Crippen LogP contribution in [0.4, 0.5) is 5.88 Å². The summed E-state index contributed by atoms with van der Waals surface area (Å²) in [6, 6.07) is 5.45. The zero-order valence-corrected chi connectivity index (χ0v) is 12.0. The first kappa shape index (κ1) is 13.1. The first-order chi connectivity index (χ1) is 9.57. The van der Waals surface area contributed by atoms with Crippen LogP contribution >= 0.6 is 11.3 Å². The first-order valence-corrected chi connectivity index (χ1v) is 8.69. The Kier molecular flexibility index (Phi) is 3.23. The molecular weight excluding hydrogens is 298 g/mol. The third-order valence-electron chi connectivity index (χ3n) is 3.03. The van der Waals surface area contributed by atoms with Crippen molar-refractivity contribution in [3.05, 3.63) is 23.2 Å². The summed E-state index contributed by atoms with van der Waals surface area (Å²) in [6.07, 6.45) is 0.516. The van der Waals surface area contributed by atoms with Crippen LogP contribution in [-0.4, -0.2) is 30.9 Å². The number of nitrogens with one attached hydrogen (secondary N) is 1. The summed E-state index contributed by atoms with van der Waals surface area (Å²) in [6.45, 7) is 0. The van der Waals surface area contributed by atoms with Crippen LogP contribution in [0.1, 0.15) is 12.1 Å². The maximum atomic E-state index is 11.4. The lowest BCUT2D eigenvalue weighted by atomic mass is 10.2. The molecule has 104 valence electrons. The molecule has 8 heteroatoms. The minimum atomic E-state index is -2.98. The van der Waals surface area contributed by atoms with Crippen LogP contribution in [-0.2, 0) is 9.84 Å². The molecular formula is C12H11N3O3S2. The van der Waals surface area contributed by atoms with Crippen molar-refractivity contribution in [2.45, 2.75) is 12.5 Å². The molecule has 2 aromatic heterocycles. The highest BCUT2D eigenvalue weighted by Crippen LogP contribution is 2.29. The van der Waals surface area contributed by atoms with Crippen molar-refractivity contribution in [2.75, 3.05) is 16.8 Å². The Hall–Kier alpha value is -1.85. The van der Waals surface area contributed by atoms with E-state index in [1.165, 1.54) is 11.3 Å². The molecule has 0 spiro atoms. The van der Waals surface area contributed by atoms with Crippen LogP contribution in [0.5, 0.6) is 0 Å². The number of hydrogen-bond acceptors (Lipinski definition) is 7. The molecule has 1 N–H and O–H groups in total. The number of sulfone groups is 1. The predicted molar refractivity (Wildman–Crippen MR) is 75.2 cm³/mol. The number of nitriles is 1. The number of thiophene rings is 1. The zero-order valence-electron chi connectivity index (χ0n) is 10.4. The van der Waals surface area contributed by atoms with Crippen LogP contribution in [0, 0.1) is 11.3 Å². The van der Waals surface area contributed by atoms with Gasteiger partial charge in [-0.15, -0.1) is 11.3 Å². The maximum Gasteiger partial charge on any atom is 0.240 e. The van der Waals surface area contributed by atoms with Gasteiger partial charge in [0.05, 0.1) is 16.4 Å². The summed E-state index contributed by atoms with van der Waals surface area (Å²) in [7, 11) is -2.98. The van der Waals surface area contributed by atoms with Crippen molar-refractivity contribution < 1.29 is 12.8 Å². The van der Waals surface area contributed by atoms with Crippen molar-refractivity contribution in [3.8, 4) is 16.8 Å². The van der Waals surface area contributed by atoms with Crippen LogP contribution in [0.25, 0.3) is 10.8 Å². The maximum absolute atomic E-state index is 11.4. The number of aromatic nitrogens is 1. The third-order valence-corrected chi connectivity index (χ3v) is 5.66. The van der Waals surface area contributed by atoms with Crippen LogP contribution in [0.2, 0.25) is 0 Å². The molecule has 0 amide bonds. The standard InChI is InChI=1S/C12H11N3O3S2/c13-6-9-11(14-8-3-5-20(16,17)7-8)18-12(15-9)10-2-1-4-19-10/h1-2,4,8,14H,3,5,7H2/t8-/m1/s1. The second-order valence-corrected chi connectivity index (χ2v) is 7.71. The van der Waals surface area contributed by atoms with Gasteiger partial charge in [-0.05, 0) is 17.9 Å². The minimum absolute atomic E-state index is 0.0624. The molecule has 20 heavy (non-hydrogen) atoms. The van der Waals surface area contributed by atoms with Gasteiger partial charge in [0.15, 0.2) is 9.84 Å². The van der Waals surface area contributed by atoms with Crippen molar-refractivity contribution in [1.82, 2.24) is 4.98 Å². The Balaban J connectivity index is 1.85. The second kappa shape index (κ2) is 4.92. The highest BCUT2D eigenvalue weighted by Gasteiger charge is 2.29. The van der Waals surface area contributed by atoms with E-state index >= 15 is 0 Å². The van der Waals surface area contributed by atoms with Crippen LogP contribution < -0.4 is 5.32 Å². The molecule has 6 nitrogen and oxygen atoms in total. The fourth-order valence-corrected chi connectivity index (χ4v) is 4.42. The number of rotatable bonds is 3. The summed E-state index contributed by atoms with van der Waals surface area (Å²) in [5.41, 5.74) is 0.151. The topological polar surface area (TPSA) is 96.0 Å². The van der Waals surface area contributed by atoms with E-state index in [9.17, 15) is 8.42 Å². The van der Waals surface area contributed by atoms with E-state index < -0.39 is 9.84 Å². The summed E-state index contributed by atoms with van der Waals surface area (Å²) in [5.74, 6) is 0.851. The molecule has 0 saturated carbocycles. The van der Waals surface area contributed by atoms with Gasteiger partial charge in [0.25, 0.3) is 0 Å². The summed E-state index contributed by atoms with van der Waals surface area (Å²) in [5, 5.41) is 13.9. The highest BCUT2D eigenvalue weighted by atomic mass is 32.2. The SMILES string of the molecule is N#Cc1nc(-c2cccs2)oc1N[C@@H]1CCS(=O)(=O)C1. The Labute approximate surface area is 120 Å². The molecule has 1 saturated heterocycles. The van der Waals surface area contributed by atoms with Gasteiger partial charge in [-0.2, -0.15) is 10.2 Å². The molecule has 0 bridgehead atoms. The van der Waals surface area contributed by atoms with E-state index in [1.807, 2.05) is 23.6 Å². The quantitative estimate of drug-likeness (QED) is 0.930. The first-order valence-electron chi connectivity index (χ1n) is 5.99. The van der Waals surface area contributed by atoms with Gasteiger partial charge in [0.1, 0.15) is 6.07 Å². The molecule has 0 unspecified atom stereocenters. The van der Waals surface area contributed by atoms with Crippen LogP contribution in [0.15, 0.2) is 21.9 Å². The second-order valence-electron chi connectivity index (χ2n) is 4.53. The summed E-state index contributed by atoms with van der Waals surface area (Å²) in [4.78, 5) is 4.95. The average Bonchev–Trinajstić information content (AvgIpc) is 3.09. The van der Waals surface area contributed by atoms with Crippen molar-refractivity contribution in [1.29, 1.82) is 5.26 Å². The average molecular weight is 309 g/mol. The van der Waals surface area contributed by atoms with Crippen molar-refractivity contribution in [2.24, 2.45) is 0 Å². The minimum Gasteiger partial charge on any atom is -0.418 e. The van der Waals surface area contributed by atoms with E-state index in [4.69, 9.17) is 9.68 Å². The molecule has 1 aliphatic heterocycles. The molecule has 0 aliphatic carbocycles. The fraction of sp³-hybridized carbons (Fsp3) is 0.333. The number of hydrogen-bond donors (Lipinski definition) is 1. The van der Waals surface area contributed by atoms with E-state index in [-0.39, 0.29) is 29.1 Å². The van der Waals surface area contributed by atoms with Gasteiger partial charge in [0.2, 0.25) is 17.5 Å².